The molecule has 0 bridgehead atoms. The highest BCUT2D eigenvalue weighted by Crippen LogP contribution is 2.39. The minimum atomic E-state index is -0.984. The van der Waals surface area contributed by atoms with Crippen LogP contribution in [0.3, 0.4) is 0 Å². The second-order valence-corrected chi connectivity index (χ2v) is 10.6. The Morgan fingerprint density at radius 3 is 2.07 bits per heavy atom. The molecule has 0 aliphatic carbocycles. The molecule has 1 heterocycles. The van der Waals surface area contributed by atoms with Crippen LogP contribution < -0.4 is 9.47 Å². The highest BCUT2D eigenvalue weighted by molar-refractivity contribution is 6.39. The van der Waals surface area contributed by atoms with Crippen LogP contribution in [0.5, 0.6) is 11.5 Å². The average molecular weight is 588 g/mol. The van der Waals surface area contributed by atoms with E-state index in [0.29, 0.717) is 39.4 Å². The Labute approximate surface area is 248 Å². The van der Waals surface area contributed by atoms with E-state index in [1.54, 1.807) is 30.3 Å². The summed E-state index contributed by atoms with van der Waals surface area (Å²) in [6, 6.07) is 27.7. The maximum atomic E-state index is 11.2. The zero-order valence-electron chi connectivity index (χ0n) is 22.4. The molecule has 4 aromatic carbocycles. The number of aromatic nitrogens is 1. The van der Waals surface area contributed by atoms with Crippen molar-refractivity contribution in [3.63, 3.8) is 0 Å². The van der Waals surface area contributed by atoms with E-state index in [4.69, 9.17) is 42.3 Å². The largest absolute Gasteiger partial charge is 0.489 e. The molecule has 0 aliphatic rings. The molecular weight excluding hydrogens is 561 g/mol. The van der Waals surface area contributed by atoms with Crippen molar-refractivity contribution in [1.82, 2.24) is 5.16 Å². The van der Waals surface area contributed by atoms with Gasteiger partial charge in [0.1, 0.15) is 36.2 Å². The number of nitrogens with zero attached hydrogens (tertiary/aromatic N) is 1. The summed E-state index contributed by atoms with van der Waals surface area (Å²) in [7, 11) is 0. The summed E-state index contributed by atoms with van der Waals surface area (Å²) < 4.78 is 17.6. The van der Waals surface area contributed by atoms with Crippen LogP contribution in [0.2, 0.25) is 10.0 Å². The Bertz CT molecular complexity index is 1640. The zero-order chi connectivity index (χ0) is 28.9. The SMILES string of the molecule is CC(C)c1onc(-c2c(Cl)cccc2Cl)c1COc1ccc(-c2ccc(COc3cccc(C(=O)O)c3)cc2)cc1. The number of ether oxygens (including phenoxy) is 2. The van der Waals surface area contributed by atoms with Gasteiger partial charge in [-0.3, -0.25) is 0 Å². The normalized spacial score (nSPS) is 11.0. The lowest BCUT2D eigenvalue weighted by molar-refractivity contribution is 0.0696. The summed E-state index contributed by atoms with van der Waals surface area (Å²) in [6.45, 7) is 4.65. The second kappa shape index (κ2) is 12.5. The first-order chi connectivity index (χ1) is 19.8. The predicted octanol–water partition coefficient (Wildman–Crippen LogP) is 9.30. The molecule has 0 unspecified atom stereocenters. The van der Waals surface area contributed by atoms with Crippen LogP contribution >= 0.6 is 23.2 Å². The Morgan fingerprint density at radius 1 is 0.829 bits per heavy atom. The maximum Gasteiger partial charge on any atom is 0.335 e. The fourth-order valence-corrected chi connectivity index (χ4v) is 4.99. The van der Waals surface area contributed by atoms with Crippen molar-refractivity contribution >= 4 is 29.2 Å². The summed E-state index contributed by atoms with van der Waals surface area (Å²) in [5.74, 6) is 1.06. The van der Waals surface area contributed by atoms with E-state index >= 15 is 0 Å². The van der Waals surface area contributed by atoms with Crippen molar-refractivity contribution in [3.05, 3.63) is 123 Å². The van der Waals surface area contributed by atoms with Crippen molar-refractivity contribution in [2.24, 2.45) is 0 Å². The molecule has 208 valence electrons. The van der Waals surface area contributed by atoms with Gasteiger partial charge in [0.2, 0.25) is 0 Å². The first-order valence-corrected chi connectivity index (χ1v) is 13.8. The molecule has 0 radical (unpaired) electrons. The van der Waals surface area contributed by atoms with Gasteiger partial charge in [-0.1, -0.05) is 90.7 Å². The van der Waals surface area contributed by atoms with Gasteiger partial charge >= 0.3 is 5.97 Å². The lowest BCUT2D eigenvalue weighted by atomic mass is 10.0. The first-order valence-electron chi connectivity index (χ1n) is 13.0. The smallest absolute Gasteiger partial charge is 0.335 e. The topological polar surface area (TPSA) is 81.8 Å². The van der Waals surface area contributed by atoms with Crippen molar-refractivity contribution < 1.29 is 23.9 Å². The molecule has 6 nitrogen and oxygen atoms in total. The number of aromatic carboxylic acids is 1. The Morgan fingerprint density at radius 2 is 1.44 bits per heavy atom. The molecule has 41 heavy (non-hydrogen) atoms. The number of benzene rings is 4. The quantitative estimate of drug-likeness (QED) is 0.175. The van der Waals surface area contributed by atoms with E-state index in [2.05, 4.69) is 5.16 Å². The Kier molecular flexibility index (Phi) is 8.62. The van der Waals surface area contributed by atoms with Crippen LogP contribution in [0.15, 0.2) is 95.5 Å². The minimum absolute atomic E-state index is 0.0989. The third-order valence-electron chi connectivity index (χ3n) is 6.55. The fourth-order valence-electron chi connectivity index (χ4n) is 4.41. The summed E-state index contributed by atoms with van der Waals surface area (Å²) in [6.07, 6.45) is 0. The number of carbonyl (C=O) groups is 1. The van der Waals surface area contributed by atoms with Crippen molar-refractivity contribution in [1.29, 1.82) is 0 Å². The van der Waals surface area contributed by atoms with Gasteiger partial charge in [-0.15, -0.1) is 0 Å². The molecule has 5 aromatic rings. The van der Waals surface area contributed by atoms with Crippen LogP contribution in [0.25, 0.3) is 22.4 Å². The van der Waals surface area contributed by atoms with Crippen LogP contribution in [-0.2, 0) is 13.2 Å². The van der Waals surface area contributed by atoms with Gasteiger partial charge in [0.25, 0.3) is 0 Å². The molecule has 8 heteroatoms. The minimum Gasteiger partial charge on any atom is -0.489 e. The molecule has 0 atom stereocenters. The van der Waals surface area contributed by atoms with E-state index < -0.39 is 5.97 Å². The molecule has 0 saturated carbocycles. The lowest BCUT2D eigenvalue weighted by Gasteiger charge is -2.11. The van der Waals surface area contributed by atoms with E-state index in [9.17, 15) is 4.79 Å². The average Bonchev–Trinajstić information content (AvgIpc) is 3.39. The van der Waals surface area contributed by atoms with Gasteiger partial charge in [-0.2, -0.15) is 0 Å². The monoisotopic (exact) mass is 587 g/mol. The van der Waals surface area contributed by atoms with Gasteiger partial charge < -0.3 is 19.1 Å². The number of hydrogen-bond acceptors (Lipinski definition) is 5. The number of halogens is 2. The zero-order valence-corrected chi connectivity index (χ0v) is 23.9. The van der Waals surface area contributed by atoms with E-state index in [0.717, 1.165) is 28.0 Å². The molecule has 0 aliphatic heterocycles. The van der Waals surface area contributed by atoms with E-state index in [1.807, 2.05) is 62.4 Å². The van der Waals surface area contributed by atoms with Gasteiger partial charge in [-0.05, 0) is 59.2 Å². The number of carboxylic acid groups (broad SMARTS) is 1. The fraction of sp³-hybridized carbons (Fsp3) is 0.152. The lowest BCUT2D eigenvalue weighted by Crippen LogP contribution is -2.01. The Hall–Kier alpha value is -4.26. The maximum absolute atomic E-state index is 11.2. The molecule has 1 N–H and O–H groups in total. The summed E-state index contributed by atoms with van der Waals surface area (Å²) in [5, 5.41) is 14.4. The molecular formula is C33H27Cl2NO5. The Balaban J connectivity index is 1.25. The third kappa shape index (κ3) is 6.56. The highest BCUT2D eigenvalue weighted by atomic mass is 35.5. The highest BCUT2D eigenvalue weighted by Gasteiger charge is 2.23. The standard InChI is InChI=1S/C33H27Cl2NO5/c1-20(2)32-27(31(36-41-32)30-28(34)7-4-8-29(30)35)19-40-25-15-13-23(14-16-25)22-11-9-21(10-12-22)18-39-26-6-3-5-24(17-26)33(37)38/h3-17,20H,18-19H2,1-2H3,(H,37,38). The molecule has 0 amide bonds. The van der Waals surface area contributed by atoms with E-state index in [-0.39, 0.29) is 18.1 Å². The molecule has 1 aromatic heterocycles. The van der Waals surface area contributed by atoms with Crippen molar-refractivity contribution in [2.75, 3.05) is 0 Å². The van der Waals surface area contributed by atoms with Crippen molar-refractivity contribution in [3.8, 4) is 33.9 Å². The second-order valence-electron chi connectivity index (χ2n) is 9.76. The predicted molar refractivity (Wildman–Crippen MR) is 160 cm³/mol. The van der Waals surface area contributed by atoms with E-state index in [1.165, 1.54) is 12.1 Å². The summed E-state index contributed by atoms with van der Waals surface area (Å²) >= 11 is 12.9. The van der Waals surface area contributed by atoms with Crippen LogP contribution in [0.1, 0.15) is 47.0 Å². The first kappa shape index (κ1) is 28.3. The van der Waals surface area contributed by atoms with Gasteiger partial charge in [0.05, 0.1) is 21.2 Å². The third-order valence-corrected chi connectivity index (χ3v) is 7.18. The van der Waals surface area contributed by atoms with Gasteiger partial charge in [-0.25, -0.2) is 4.79 Å². The number of rotatable bonds is 10. The van der Waals surface area contributed by atoms with Gasteiger partial charge in [0.15, 0.2) is 0 Å². The van der Waals surface area contributed by atoms with Gasteiger partial charge in [0, 0.05) is 11.5 Å². The summed E-state index contributed by atoms with van der Waals surface area (Å²) in [4.78, 5) is 11.2. The number of hydrogen-bond donors (Lipinski definition) is 1. The number of carboxylic acids is 1. The van der Waals surface area contributed by atoms with Crippen molar-refractivity contribution in [2.45, 2.75) is 33.0 Å². The summed E-state index contributed by atoms with van der Waals surface area (Å²) in [5.41, 5.74) is 5.27. The van der Waals surface area contributed by atoms with Crippen LogP contribution in [0, 0.1) is 0 Å². The molecule has 0 fully saturated rings. The molecule has 0 spiro atoms. The molecule has 5 rings (SSSR count). The molecule has 0 saturated heterocycles. The van der Waals surface area contributed by atoms with Crippen LogP contribution in [0.4, 0.5) is 0 Å². The van der Waals surface area contributed by atoms with Crippen LogP contribution in [-0.4, -0.2) is 16.2 Å².